The molecule has 0 bridgehead atoms. The molecule has 1 aliphatic rings. The van der Waals surface area contributed by atoms with Gasteiger partial charge in [0.1, 0.15) is 0 Å². The summed E-state index contributed by atoms with van der Waals surface area (Å²) in [6.45, 7) is 12.9. The van der Waals surface area contributed by atoms with Crippen molar-refractivity contribution in [3.05, 3.63) is 0 Å². The molecule has 0 aromatic heterocycles. The van der Waals surface area contributed by atoms with Gasteiger partial charge in [-0.05, 0) is 38.5 Å². The first-order chi connectivity index (χ1) is 7.59. The second kappa shape index (κ2) is 7.57. The van der Waals surface area contributed by atoms with Gasteiger partial charge in [0.15, 0.2) is 0 Å². The Hall–Kier alpha value is 0.270. The van der Waals surface area contributed by atoms with E-state index in [1.807, 2.05) is 0 Å². The highest BCUT2D eigenvalue weighted by Crippen LogP contribution is 2.12. The van der Waals surface area contributed by atoms with Gasteiger partial charge in [-0.25, -0.2) is 0 Å². The maximum Gasteiger partial charge on any atom is 0.0207 e. The van der Waals surface area contributed by atoms with Crippen LogP contribution in [-0.2, 0) is 0 Å². The van der Waals surface area contributed by atoms with Gasteiger partial charge in [-0.2, -0.15) is 11.8 Å². The number of hydrogen-bond donors (Lipinski definition) is 1. The van der Waals surface area contributed by atoms with Gasteiger partial charge in [0.25, 0.3) is 0 Å². The molecular formula is C13H28N2S. The third-order valence-electron chi connectivity index (χ3n) is 3.08. The predicted octanol–water partition coefficient (Wildman–Crippen LogP) is 2.45. The van der Waals surface area contributed by atoms with Gasteiger partial charge in [0.05, 0.1) is 0 Å². The van der Waals surface area contributed by atoms with E-state index in [0.29, 0.717) is 6.04 Å². The zero-order valence-electron chi connectivity index (χ0n) is 11.3. The molecule has 2 nitrogen and oxygen atoms in total. The fourth-order valence-corrected chi connectivity index (χ4v) is 2.98. The minimum absolute atomic E-state index is 0.710. The Bertz CT molecular complexity index is 183. The van der Waals surface area contributed by atoms with Gasteiger partial charge in [0.2, 0.25) is 0 Å². The normalized spacial score (nSPS) is 22.5. The molecule has 1 aliphatic heterocycles. The Morgan fingerprint density at radius 1 is 1.31 bits per heavy atom. The second-order valence-electron chi connectivity index (χ2n) is 5.50. The maximum absolute atomic E-state index is 3.68. The monoisotopic (exact) mass is 244 g/mol. The smallest absolute Gasteiger partial charge is 0.0207 e. The van der Waals surface area contributed by atoms with Crippen LogP contribution >= 0.6 is 11.8 Å². The Morgan fingerprint density at radius 3 is 2.62 bits per heavy atom. The van der Waals surface area contributed by atoms with Crippen molar-refractivity contribution in [2.75, 3.05) is 31.1 Å². The summed E-state index contributed by atoms with van der Waals surface area (Å²) in [4.78, 5) is 2.57. The van der Waals surface area contributed by atoms with Crippen LogP contribution in [0.2, 0.25) is 0 Å². The second-order valence-corrected chi connectivity index (χ2v) is 6.65. The molecule has 0 radical (unpaired) electrons. The summed E-state index contributed by atoms with van der Waals surface area (Å²) in [7, 11) is 0. The Morgan fingerprint density at radius 2 is 2.06 bits per heavy atom. The van der Waals surface area contributed by atoms with E-state index in [0.717, 1.165) is 12.0 Å². The number of nitrogens with zero attached hydrogens (tertiary/aromatic N) is 1. The highest BCUT2D eigenvalue weighted by atomic mass is 32.2. The molecule has 3 heteroatoms. The van der Waals surface area contributed by atoms with Crippen LogP contribution in [0.25, 0.3) is 0 Å². The minimum atomic E-state index is 0.710. The van der Waals surface area contributed by atoms with Gasteiger partial charge in [-0.15, -0.1) is 0 Å². The first-order valence-electron chi connectivity index (χ1n) is 6.64. The molecule has 0 aliphatic carbocycles. The fraction of sp³-hybridized carbons (Fsp3) is 1.00. The lowest BCUT2D eigenvalue weighted by Crippen LogP contribution is -2.36. The average Bonchev–Trinajstić information content (AvgIpc) is 2.65. The fourth-order valence-electron chi connectivity index (χ4n) is 2.08. The van der Waals surface area contributed by atoms with Crippen LogP contribution in [0.1, 0.15) is 34.1 Å². The number of hydrogen-bond acceptors (Lipinski definition) is 3. The van der Waals surface area contributed by atoms with E-state index >= 15 is 0 Å². The first kappa shape index (κ1) is 14.3. The van der Waals surface area contributed by atoms with Gasteiger partial charge in [-0.3, -0.25) is 4.90 Å². The maximum atomic E-state index is 3.68. The summed E-state index contributed by atoms with van der Waals surface area (Å²) in [6, 6.07) is 1.45. The Balaban J connectivity index is 1.98. The summed E-state index contributed by atoms with van der Waals surface area (Å²) in [5, 5.41) is 3.68. The number of rotatable bonds is 7. The molecule has 1 heterocycles. The van der Waals surface area contributed by atoms with Crippen LogP contribution in [0, 0.1) is 5.92 Å². The minimum Gasteiger partial charge on any atom is -0.312 e. The molecule has 1 fully saturated rings. The SMILES string of the molecule is CC(C)CSCCNC1CCN(C(C)C)C1. The molecule has 0 amide bonds. The van der Waals surface area contributed by atoms with Gasteiger partial charge >= 0.3 is 0 Å². The van der Waals surface area contributed by atoms with Crippen LogP contribution in [-0.4, -0.2) is 48.1 Å². The zero-order valence-corrected chi connectivity index (χ0v) is 12.1. The number of thioether (sulfide) groups is 1. The lowest BCUT2D eigenvalue weighted by Gasteiger charge is -2.20. The van der Waals surface area contributed by atoms with E-state index in [-0.39, 0.29) is 0 Å². The standard InChI is InChI=1S/C13H28N2S/c1-11(2)10-16-8-6-14-13-5-7-15(9-13)12(3)4/h11-14H,5-10H2,1-4H3. The van der Waals surface area contributed by atoms with E-state index < -0.39 is 0 Å². The van der Waals surface area contributed by atoms with Crippen molar-refractivity contribution in [2.24, 2.45) is 5.92 Å². The largest absolute Gasteiger partial charge is 0.312 e. The lowest BCUT2D eigenvalue weighted by atomic mass is 10.3. The van der Waals surface area contributed by atoms with Crippen molar-refractivity contribution >= 4 is 11.8 Å². The first-order valence-corrected chi connectivity index (χ1v) is 7.80. The van der Waals surface area contributed by atoms with Crippen LogP contribution in [0.3, 0.4) is 0 Å². The predicted molar refractivity (Wildman–Crippen MR) is 75.3 cm³/mol. The summed E-state index contributed by atoms with van der Waals surface area (Å²) in [5.41, 5.74) is 0. The van der Waals surface area contributed by atoms with Crippen LogP contribution < -0.4 is 5.32 Å². The van der Waals surface area contributed by atoms with Crippen LogP contribution in [0.15, 0.2) is 0 Å². The quantitative estimate of drug-likeness (QED) is 0.693. The van der Waals surface area contributed by atoms with Crippen molar-refractivity contribution in [2.45, 2.75) is 46.2 Å². The summed E-state index contributed by atoms with van der Waals surface area (Å²) in [5.74, 6) is 3.38. The van der Waals surface area contributed by atoms with E-state index in [1.54, 1.807) is 0 Å². The summed E-state index contributed by atoms with van der Waals surface area (Å²) in [6.07, 6.45) is 1.33. The highest BCUT2D eigenvalue weighted by molar-refractivity contribution is 7.99. The van der Waals surface area contributed by atoms with E-state index in [2.05, 4.69) is 49.7 Å². The molecule has 1 unspecified atom stereocenters. The Kier molecular flexibility index (Phi) is 6.78. The van der Waals surface area contributed by atoms with Gasteiger partial charge in [-0.1, -0.05) is 13.8 Å². The molecule has 1 N–H and O–H groups in total. The number of likely N-dealkylation sites (tertiary alicyclic amines) is 1. The van der Waals surface area contributed by atoms with E-state index in [9.17, 15) is 0 Å². The van der Waals surface area contributed by atoms with E-state index in [4.69, 9.17) is 0 Å². The van der Waals surface area contributed by atoms with Crippen LogP contribution in [0.5, 0.6) is 0 Å². The third kappa shape index (κ3) is 5.55. The van der Waals surface area contributed by atoms with Crippen LogP contribution in [0.4, 0.5) is 0 Å². The van der Waals surface area contributed by atoms with Crippen molar-refractivity contribution in [1.29, 1.82) is 0 Å². The highest BCUT2D eigenvalue weighted by Gasteiger charge is 2.23. The van der Waals surface area contributed by atoms with Crippen molar-refractivity contribution < 1.29 is 0 Å². The molecule has 1 atom stereocenters. The Labute approximate surface area is 106 Å². The third-order valence-corrected chi connectivity index (χ3v) is 4.48. The molecule has 1 saturated heterocycles. The summed E-state index contributed by atoms with van der Waals surface area (Å²) >= 11 is 2.08. The van der Waals surface area contributed by atoms with Crippen molar-refractivity contribution in [3.63, 3.8) is 0 Å². The van der Waals surface area contributed by atoms with Crippen molar-refractivity contribution in [1.82, 2.24) is 10.2 Å². The molecule has 0 aromatic rings. The van der Waals surface area contributed by atoms with E-state index in [1.165, 1.54) is 37.6 Å². The lowest BCUT2D eigenvalue weighted by molar-refractivity contribution is 0.268. The molecule has 96 valence electrons. The molecule has 16 heavy (non-hydrogen) atoms. The topological polar surface area (TPSA) is 15.3 Å². The van der Waals surface area contributed by atoms with Crippen molar-refractivity contribution in [3.8, 4) is 0 Å². The molecule has 0 aromatic carbocycles. The molecule has 0 spiro atoms. The molecule has 1 rings (SSSR count). The molecule has 0 saturated carbocycles. The van der Waals surface area contributed by atoms with Gasteiger partial charge in [0, 0.05) is 30.9 Å². The zero-order chi connectivity index (χ0) is 12.0. The molecular weight excluding hydrogens is 216 g/mol. The number of nitrogens with one attached hydrogen (secondary N) is 1. The average molecular weight is 244 g/mol. The summed E-state index contributed by atoms with van der Waals surface area (Å²) < 4.78 is 0. The van der Waals surface area contributed by atoms with Gasteiger partial charge < -0.3 is 5.32 Å².